The monoisotopic (exact) mass is 484 g/mol. The molecular weight excluding hydrogens is 456 g/mol. The van der Waals surface area contributed by atoms with Crippen molar-refractivity contribution in [2.24, 2.45) is 0 Å². The van der Waals surface area contributed by atoms with Crippen molar-refractivity contribution in [2.75, 3.05) is 44.2 Å². The summed E-state index contributed by atoms with van der Waals surface area (Å²) in [6.45, 7) is 7.51. The number of likely N-dealkylation sites (tertiary alicyclic amines) is 1. The van der Waals surface area contributed by atoms with Gasteiger partial charge in [0.05, 0.1) is 0 Å². The van der Waals surface area contributed by atoms with Gasteiger partial charge in [0.25, 0.3) is 5.89 Å². The third-order valence-electron chi connectivity index (χ3n) is 6.47. The van der Waals surface area contributed by atoms with Crippen molar-refractivity contribution in [3.8, 4) is 11.6 Å². The number of amides is 1. The Morgan fingerprint density at radius 2 is 1.74 bits per heavy atom. The predicted octanol–water partition coefficient (Wildman–Crippen LogP) is 2.43. The summed E-state index contributed by atoms with van der Waals surface area (Å²) in [5.41, 5.74) is 3.87. The van der Waals surface area contributed by atoms with E-state index in [4.69, 9.17) is 4.42 Å². The van der Waals surface area contributed by atoms with Gasteiger partial charge in [0.1, 0.15) is 10.6 Å². The van der Waals surface area contributed by atoms with Crippen molar-refractivity contribution in [1.29, 1.82) is 0 Å². The van der Waals surface area contributed by atoms with E-state index in [1.54, 1.807) is 4.90 Å². The number of nitrogens with zero attached hydrogens (tertiary/aromatic N) is 5. The van der Waals surface area contributed by atoms with Crippen LogP contribution in [0.5, 0.6) is 0 Å². The van der Waals surface area contributed by atoms with E-state index in [1.807, 2.05) is 0 Å². The summed E-state index contributed by atoms with van der Waals surface area (Å²) in [5, 5.41) is 7.79. The Balaban J connectivity index is 1.28. The van der Waals surface area contributed by atoms with Gasteiger partial charge < -0.3 is 19.2 Å². The number of hydrogen-bond acceptors (Lipinski definition) is 7. The number of carbonyl (C=O) groups excluding carboxylic acids is 1. The second kappa shape index (κ2) is 8.88. The average Bonchev–Trinajstić information content (AvgIpc) is 3.61. The van der Waals surface area contributed by atoms with Gasteiger partial charge in [-0.2, -0.15) is 4.31 Å². The highest BCUT2D eigenvalue weighted by molar-refractivity contribution is 7.89. The van der Waals surface area contributed by atoms with Crippen LogP contribution >= 0.6 is 0 Å². The lowest BCUT2D eigenvalue weighted by atomic mass is 10.1. The van der Waals surface area contributed by atoms with Crippen LogP contribution < -0.4 is 4.90 Å². The fourth-order valence-electron chi connectivity index (χ4n) is 4.50. The number of piperazine rings is 1. The molecule has 0 radical (unpaired) electrons. The molecule has 10 nitrogen and oxygen atoms in total. The summed E-state index contributed by atoms with van der Waals surface area (Å²) in [7, 11) is -3.69. The molecule has 0 unspecified atom stereocenters. The van der Waals surface area contributed by atoms with Gasteiger partial charge in [0.15, 0.2) is 0 Å². The van der Waals surface area contributed by atoms with Crippen molar-refractivity contribution in [2.45, 2.75) is 31.6 Å². The third-order valence-corrected chi connectivity index (χ3v) is 8.35. The lowest BCUT2D eigenvalue weighted by Gasteiger charge is -2.36. The molecule has 0 spiro atoms. The van der Waals surface area contributed by atoms with Gasteiger partial charge in [0, 0.05) is 51.2 Å². The molecule has 2 aliphatic rings. The predicted molar refractivity (Wildman–Crippen MR) is 126 cm³/mol. The molecule has 5 rings (SSSR count). The molecule has 180 valence electrons. The number of benzene rings is 1. The van der Waals surface area contributed by atoms with Crippen LogP contribution in [0.3, 0.4) is 0 Å². The molecule has 1 aromatic carbocycles. The van der Waals surface area contributed by atoms with Crippen molar-refractivity contribution >= 4 is 21.6 Å². The highest BCUT2D eigenvalue weighted by Crippen LogP contribution is 2.27. The number of aromatic nitrogens is 3. The second-order valence-electron chi connectivity index (χ2n) is 8.84. The zero-order valence-corrected chi connectivity index (χ0v) is 20.1. The topological polar surface area (TPSA) is 116 Å². The van der Waals surface area contributed by atoms with Crippen molar-refractivity contribution in [1.82, 2.24) is 24.4 Å². The van der Waals surface area contributed by atoms with Crippen LogP contribution in [-0.2, 0) is 10.0 Å². The van der Waals surface area contributed by atoms with Crippen molar-refractivity contribution in [3.05, 3.63) is 47.5 Å². The molecule has 2 aromatic heterocycles. The minimum atomic E-state index is -3.69. The Morgan fingerprint density at radius 3 is 2.47 bits per heavy atom. The average molecular weight is 485 g/mol. The Bertz CT molecular complexity index is 1300. The fraction of sp³-hybridized carbons (Fsp3) is 0.435. The fourth-order valence-corrected chi connectivity index (χ4v) is 5.92. The highest BCUT2D eigenvalue weighted by Gasteiger charge is 2.31. The van der Waals surface area contributed by atoms with E-state index < -0.39 is 10.0 Å². The van der Waals surface area contributed by atoms with E-state index in [-0.39, 0.29) is 22.6 Å². The van der Waals surface area contributed by atoms with Crippen LogP contribution in [0, 0.1) is 13.8 Å². The van der Waals surface area contributed by atoms with Crippen LogP contribution in [-0.4, -0.2) is 78.0 Å². The van der Waals surface area contributed by atoms with E-state index in [0.29, 0.717) is 45.0 Å². The molecule has 1 N–H and O–H groups in total. The molecular formula is C23H28N6O4S. The maximum absolute atomic E-state index is 13.2. The quantitative estimate of drug-likeness (QED) is 0.591. The van der Waals surface area contributed by atoms with E-state index in [2.05, 4.69) is 52.1 Å². The lowest BCUT2D eigenvalue weighted by molar-refractivity contribution is 0.0754. The lowest BCUT2D eigenvalue weighted by Crippen LogP contribution is -2.48. The van der Waals surface area contributed by atoms with Crippen molar-refractivity contribution in [3.63, 3.8) is 0 Å². The smallest absolute Gasteiger partial charge is 0.311 e. The van der Waals surface area contributed by atoms with E-state index in [1.165, 1.54) is 27.7 Å². The molecule has 0 atom stereocenters. The minimum absolute atomic E-state index is 0.0847. The van der Waals surface area contributed by atoms with Crippen LogP contribution in [0.25, 0.3) is 11.6 Å². The van der Waals surface area contributed by atoms with Gasteiger partial charge in [-0.05, 0) is 49.9 Å². The standard InChI is InChI=1S/C23H28N6O4S/c1-16-5-6-17(2)20(13-16)27-9-11-29(12-10-27)34(31,32)18-14-19(24-15-18)21-25-26-22(33-21)23(30)28-7-3-4-8-28/h5-6,13-15,24H,3-4,7-12H2,1-2H3. The summed E-state index contributed by atoms with van der Waals surface area (Å²) in [4.78, 5) is 19.4. The number of hydrogen-bond donors (Lipinski definition) is 1. The van der Waals surface area contributed by atoms with Crippen molar-refractivity contribution < 1.29 is 17.6 Å². The van der Waals surface area contributed by atoms with E-state index in [0.717, 1.165) is 18.5 Å². The summed E-state index contributed by atoms with van der Waals surface area (Å²) in [5.74, 6) is -0.292. The molecule has 11 heteroatoms. The Kier molecular flexibility index (Phi) is 5.90. The first-order chi connectivity index (χ1) is 16.3. The van der Waals surface area contributed by atoms with Gasteiger partial charge in [-0.3, -0.25) is 4.79 Å². The van der Waals surface area contributed by atoms with E-state index in [9.17, 15) is 13.2 Å². The number of anilines is 1. The molecule has 34 heavy (non-hydrogen) atoms. The SMILES string of the molecule is Cc1ccc(C)c(N2CCN(S(=O)(=O)c3c[nH]c(-c4nnc(C(=O)N5CCCC5)o4)c3)CC2)c1. The number of rotatable bonds is 5. The minimum Gasteiger partial charge on any atom is -0.411 e. The normalized spacial score (nSPS) is 17.5. The summed E-state index contributed by atoms with van der Waals surface area (Å²) in [6.07, 6.45) is 3.35. The van der Waals surface area contributed by atoms with Gasteiger partial charge in [-0.1, -0.05) is 12.1 Å². The molecule has 4 heterocycles. The highest BCUT2D eigenvalue weighted by atomic mass is 32.2. The first kappa shape index (κ1) is 22.6. The number of carbonyl (C=O) groups is 1. The zero-order valence-electron chi connectivity index (χ0n) is 19.3. The maximum atomic E-state index is 13.2. The van der Waals surface area contributed by atoms with Gasteiger partial charge in [0.2, 0.25) is 10.0 Å². The number of aryl methyl sites for hydroxylation is 2. The largest absolute Gasteiger partial charge is 0.411 e. The summed E-state index contributed by atoms with van der Waals surface area (Å²) >= 11 is 0. The Morgan fingerprint density at radius 1 is 1.00 bits per heavy atom. The number of sulfonamides is 1. The van der Waals surface area contributed by atoms with Gasteiger partial charge >= 0.3 is 11.8 Å². The van der Waals surface area contributed by atoms with Crippen LogP contribution in [0.2, 0.25) is 0 Å². The van der Waals surface area contributed by atoms with Gasteiger partial charge in [-0.15, -0.1) is 10.2 Å². The molecule has 0 bridgehead atoms. The molecule has 2 aliphatic heterocycles. The molecule has 0 saturated carbocycles. The first-order valence-corrected chi connectivity index (χ1v) is 12.9. The van der Waals surface area contributed by atoms with Crippen LogP contribution in [0.15, 0.2) is 39.8 Å². The van der Waals surface area contributed by atoms with Gasteiger partial charge in [-0.25, -0.2) is 8.42 Å². The number of aromatic amines is 1. The molecule has 3 aromatic rings. The number of H-pyrrole nitrogens is 1. The first-order valence-electron chi connectivity index (χ1n) is 11.5. The maximum Gasteiger partial charge on any atom is 0.311 e. The Hall–Kier alpha value is -3.18. The summed E-state index contributed by atoms with van der Waals surface area (Å²) < 4.78 is 33.5. The number of nitrogens with one attached hydrogen (secondary N) is 1. The van der Waals surface area contributed by atoms with E-state index >= 15 is 0 Å². The molecule has 2 fully saturated rings. The van der Waals surface area contributed by atoms with Crippen LogP contribution in [0.1, 0.15) is 34.7 Å². The molecule has 2 saturated heterocycles. The third kappa shape index (κ3) is 4.21. The molecule has 0 aliphatic carbocycles. The molecule has 1 amide bonds. The second-order valence-corrected chi connectivity index (χ2v) is 10.8. The zero-order chi connectivity index (χ0) is 23.9. The summed E-state index contributed by atoms with van der Waals surface area (Å²) in [6, 6.07) is 7.80. The Labute approximate surface area is 198 Å². The van der Waals surface area contributed by atoms with Crippen LogP contribution in [0.4, 0.5) is 5.69 Å².